The summed E-state index contributed by atoms with van der Waals surface area (Å²) in [6, 6.07) is 11.9. The van der Waals surface area contributed by atoms with Crippen LogP contribution < -0.4 is 20.7 Å². The minimum absolute atomic E-state index is 0.235. The van der Waals surface area contributed by atoms with E-state index in [1.807, 2.05) is 0 Å². The molecule has 0 unspecified atom stereocenters. The molecular formula is C22H25N3O5. The predicted octanol–water partition coefficient (Wildman–Crippen LogP) is 3.68. The molecular weight excluding hydrogens is 386 g/mol. The van der Waals surface area contributed by atoms with Crippen LogP contribution in [0.4, 0.5) is 16.2 Å². The zero-order valence-corrected chi connectivity index (χ0v) is 17.4. The van der Waals surface area contributed by atoms with E-state index in [0.717, 1.165) is 5.56 Å². The summed E-state index contributed by atoms with van der Waals surface area (Å²) in [4.78, 5) is 36.0. The molecule has 30 heavy (non-hydrogen) atoms. The van der Waals surface area contributed by atoms with Crippen LogP contribution >= 0.6 is 0 Å². The fraction of sp³-hybridized carbons (Fsp3) is 0.318. The van der Waals surface area contributed by atoms with E-state index in [0.29, 0.717) is 29.2 Å². The van der Waals surface area contributed by atoms with Gasteiger partial charge in [-0.2, -0.15) is 0 Å². The van der Waals surface area contributed by atoms with Crippen LogP contribution in [-0.2, 0) is 16.1 Å². The van der Waals surface area contributed by atoms with Crippen molar-refractivity contribution in [2.45, 2.75) is 45.9 Å². The Bertz CT molecular complexity index is 964. The van der Waals surface area contributed by atoms with Crippen molar-refractivity contribution in [3.63, 3.8) is 0 Å². The van der Waals surface area contributed by atoms with Gasteiger partial charge in [0.05, 0.1) is 5.69 Å². The molecule has 1 heterocycles. The molecule has 0 bridgehead atoms. The first-order chi connectivity index (χ1) is 14.1. The second kappa shape index (κ2) is 8.44. The van der Waals surface area contributed by atoms with Gasteiger partial charge in [-0.1, -0.05) is 12.1 Å². The van der Waals surface area contributed by atoms with E-state index in [4.69, 9.17) is 9.47 Å². The van der Waals surface area contributed by atoms with Crippen LogP contribution in [0, 0.1) is 0 Å². The molecule has 0 saturated heterocycles. The number of carbonyl (C=O) groups is 3. The summed E-state index contributed by atoms with van der Waals surface area (Å²) in [5.41, 5.74) is 1.78. The van der Waals surface area contributed by atoms with Gasteiger partial charge >= 0.3 is 6.09 Å². The zero-order chi connectivity index (χ0) is 21.9. The van der Waals surface area contributed by atoms with Crippen molar-refractivity contribution in [2.24, 2.45) is 0 Å². The first kappa shape index (κ1) is 21.2. The second-order valence-corrected chi connectivity index (χ2v) is 7.97. The molecule has 2 aromatic rings. The largest absolute Gasteiger partial charge is 0.479 e. The van der Waals surface area contributed by atoms with Crippen molar-refractivity contribution in [3.05, 3.63) is 53.6 Å². The summed E-state index contributed by atoms with van der Waals surface area (Å²) in [5, 5.41) is 8.21. The maximum atomic E-state index is 12.5. The smallest absolute Gasteiger partial charge is 0.407 e. The molecule has 3 rings (SSSR count). The Morgan fingerprint density at radius 3 is 2.50 bits per heavy atom. The fourth-order valence-electron chi connectivity index (χ4n) is 2.75. The minimum atomic E-state index is -0.560. The highest BCUT2D eigenvalue weighted by Gasteiger charge is 2.23. The molecule has 0 radical (unpaired) electrons. The molecule has 0 saturated carbocycles. The lowest BCUT2D eigenvalue weighted by Crippen LogP contribution is -2.34. The number of carbonyl (C=O) groups excluding carboxylic acids is 3. The SMILES string of the molecule is C[C@H]1Oc2ccc(NC(=O)c3ccc(CNC(=O)OC(C)(C)C)cc3)cc2NC1=O. The lowest BCUT2D eigenvalue weighted by Gasteiger charge is -2.23. The van der Waals surface area contributed by atoms with E-state index in [1.165, 1.54) is 0 Å². The van der Waals surface area contributed by atoms with Gasteiger partial charge in [0.25, 0.3) is 11.8 Å². The number of amides is 3. The lowest BCUT2D eigenvalue weighted by atomic mass is 10.1. The highest BCUT2D eigenvalue weighted by Crippen LogP contribution is 2.32. The van der Waals surface area contributed by atoms with E-state index < -0.39 is 17.8 Å². The lowest BCUT2D eigenvalue weighted by molar-refractivity contribution is -0.122. The number of rotatable bonds is 4. The number of alkyl carbamates (subject to hydrolysis) is 1. The maximum absolute atomic E-state index is 12.5. The van der Waals surface area contributed by atoms with Gasteiger partial charge < -0.3 is 25.4 Å². The van der Waals surface area contributed by atoms with Crippen LogP contribution in [0.3, 0.4) is 0 Å². The van der Waals surface area contributed by atoms with Gasteiger partial charge in [0.2, 0.25) is 0 Å². The van der Waals surface area contributed by atoms with Crippen LogP contribution in [-0.4, -0.2) is 29.6 Å². The van der Waals surface area contributed by atoms with Gasteiger partial charge in [-0.15, -0.1) is 0 Å². The van der Waals surface area contributed by atoms with Crippen LogP contribution in [0.5, 0.6) is 5.75 Å². The summed E-state index contributed by atoms with van der Waals surface area (Å²) in [6.07, 6.45) is -1.05. The monoisotopic (exact) mass is 411 g/mol. The third kappa shape index (κ3) is 5.50. The van der Waals surface area contributed by atoms with Crippen molar-refractivity contribution < 1.29 is 23.9 Å². The van der Waals surface area contributed by atoms with E-state index in [2.05, 4.69) is 16.0 Å². The number of fused-ring (bicyclic) bond motifs is 1. The van der Waals surface area contributed by atoms with Crippen LogP contribution in [0.15, 0.2) is 42.5 Å². The summed E-state index contributed by atoms with van der Waals surface area (Å²) in [7, 11) is 0. The Morgan fingerprint density at radius 2 is 1.83 bits per heavy atom. The highest BCUT2D eigenvalue weighted by atomic mass is 16.6. The Morgan fingerprint density at radius 1 is 1.13 bits per heavy atom. The van der Waals surface area contributed by atoms with Crippen molar-refractivity contribution >= 4 is 29.3 Å². The molecule has 1 aliphatic heterocycles. The molecule has 3 N–H and O–H groups in total. The molecule has 8 heteroatoms. The maximum Gasteiger partial charge on any atom is 0.407 e. The Labute approximate surface area is 174 Å². The summed E-state index contributed by atoms with van der Waals surface area (Å²) in [6.45, 7) is 7.35. The Balaban J connectivity index is 1.58. The number of hydrogen-bond donors (Lipinski definition) is 3. The number of hydrogen-bond acceptors (Lipinski definition) is 5. The normalized spacial score (nSPS) is 15.3. The quantitative estimate of drug-likeness (QED) is 0.712. The molecule has 0 aliphatic carbocycles. The molecule has 158 valence electrons. The van der Waals surface area contributed by atoms with E-state index in [9.17, 15) is 14.4 Å². The van der Waals surface area contributed by atoms with Crippen molar-refractivity contribution in [3.8, 4) is 5.75 Å². The molecule has 0 fully saturated rings. The number of nitrogens with one attached hydrogen (secondary N) is 3. The first-order valence-corrected chi connectivity index (χ1v) is 9.59. The van der Waals surface area contributed by atoms with Crippen LogP contribution in [0.25, 0.3) is 0 Å². The summed E-state index contributed by atoms with van der Waals surface area (Å²) in [5.74, 6) is 0.0292. The zero-order valence-electron chi connectivity index (χ0n) is 17.4. The van der Waals surface area contributed by atoms with Gasteiger partial charge in [-0.05, 0) is 63.6 Å². The molecule has 2 aromatic carbocycles. The van der Waals surface area contributed by atoms with Gasteiger partial charge in [0, 0.05) is 17.8 Å². The van der Waals surface area contributed by atoms with Crippen molar-refractivity contribution in [1.82, 2.24) is 5.32 Å². The standard InChI is InChI=1S/C22H25N3O5/c1-13-19(26)25-17-11-16(9-10-18(17)29-13)24-20(27)15-7-5-14(6-8-15)12-23-21(28)30-22(2,3)4/h5-11,13H,12H2,1-4H3,(H,23,28)(H,24,27)(H,25,26)/t13-/m1/s1. The van der Waals surface area contributed by atoms with Crippen LogP contribution in [0.2, 0.25) is 0 Å². The average molecular weight is 411 g/mol. The van der Waals surface area contributed by atoms with Gasteiger partial charge in [-0.25, -0.2) is 4.79 Å². The number of benzene rings is 2. The van der Waals surface area contributed by atoms with E-state index in [1.54, 1.807) is 70.2 Å². The third-order valence-corrected chi connectivity index (χ3v) is 4.22. The topological polar surface area (TPSA) is 106 Å². The van der Waals surface area contributed by atoms with Crippen LogP contribution in [0.1, 0.15) is 43.6 Å². The molecule has 3 amide bonds. The molecule has 8 nitrogen and oxygen atoms in total. The summed E-state index contributed by atoms with van der Waals surface area (Å²) >= 11 is 0. The highest BCUT2D eigenvalue weighted by molar-refractivity contribution is 6.05. The number of anilines is 2. The fourth-order valence-corrected chi connectivity index (χ4v) is 2.75. The van der Waals surface area contributed by atoms with Crippen molar-refractivity contribution in [1.29, 1.82) is 0 Å². The molecule has 1 atom stereocenters. The van der Waals surface area contributed by atoms with E-state index in [-0.39, 0.29) is 11.8 Å². The molecule has 0 aromatic heterocycles. The van der Waals surface area contributed by atoms with Gasteiger partial charge in [-0.3, -0.25) is 9.59 Å². The first-order valence-electron chi connectivity index (χ1n) is 9.59. The number of ether oxygens (including phenoxy) is 2. The molecule has 1 aliphatic rings. The Kier molecular flexibility index (Phi) is 5.96. The minimum Gasteiger partial charge on any atom is -0.479 e. The second-order valence-electron chi connectivity index (χ2n) is 7.97. The van der Waals surface area contributed by atoms with E-state index >= 15 is 0 Å². The average Bonchev–Trinajstić information content (AvgIpc) is 2.66. The Hall–Kier alpha value is -3.55. The summed E-state index contributed by atoms with van der Waals surface area (Å²) < 4.78 is 10.7. The van der Waals surface area contributed by atoms with Gasteiger partial charge in [0.1, 0.15) is 11.4 Å². The third-order valence-electron chi connectivity index (χ3n) is 4.22. The predicted molar refractivity (Wildman–Crippen MR) is 113 cm³/mol. The molecule has 0 spiro atoms. The van der Waals surface area contributed by atoms with Crippen molar-refractivity contribution in [2.75, 3.05) is 10.6 Å². The van der Waals surface area contributed by atoms with Gasteiger partial charge in [0.15, 0.2) is 6.10 Å².